The molecule has 2 aliphatic heterocycles. The van der Waals surface area contributed by atoms with Gasteiger partial charge in [-0.1, -0.05) is 60.7 Å². The summed E-state index contributed by atoms with van der Waals surface area (Å²) in [4.78, 5) is 0. The number of hydrogen-bond acceptors (Lipinski definition) is 12. The van der Waals surface area contributed by atoms with E-state index in [4.69, 9.17) is 28.4 Å². The summed E-state index contributed by atoms with van der Waals surface area (Å²) in [7, 11) is 0. The van der Waals surface area contributed by atoms with Crippen LogP contribution in [0.2, 0.25) is 0 Å². The SMILES string of the molecule is OC[C@@](O)([C@@H]1OC2(CCCC2)O[C@H]1[C@H](O)COCc1ccccc1)[C@](O)(CO)[C@@H]1OC2(CCCC2)O[C@H]1[C@H](O)COCc1ccccc1. The van der Waals surface area contributed by atoms with Crippen LogP contribution in [-0.2, 0) is 41.6 Å². The van der Waals surface area contributed by atoms with Gasteiger partial charge in [0.15, 0.2) is 11.6 Å². The van der Waals surface area contributed by atoms with Crippen LogP contribution in [0.5, 0.6) is 0 Å². The minimum atomic E-state index is -2.65. The first-order valence-corrected chi connectivity index (χ1v) is 17.1. The summed E-state index contributed by atoms with van der Waals surface area (Å²) >= 11 is 0. The maximum absolute atomic E-state index is 12.5. The molecule has 0 aromatic heterocycles. The van der Waals surface area contributed by atoms with Crippen molar-refractivity contribution in [1.82, 2.24) is 0 Å². The fraction of sp³-hybridized carbons (Fsp3) is 0.667. The van der Waals surface area contributed by atoms with Crippen molar-refractivity contribution in [3.63, 3.8) is 0 Å². The zero-order valence-corrected chi connectivity index (χ0v) is 27.3. The Morgan fingerprint density at radius 2 is 0.958 bits per heavy atom. The Balaban J connectivity index is 1.25. The smallest absolute Gasteiger partial charge is 0.169 e. The molecule has 0 unspecified atom stereocenters. The zero-order valence-electron chi connectivity index (χ0n) is 27.3. The Labute approximate surface area is 281 Å². The first kappa shape index (κ1) is 35.8. The third-order valence-corrected chi connectivity index (χ3v) is 10.4. The molecule has 2 aliphatic carbocycles. The predicted molar refractivity (Wildman–Crippen MR) is 170 cm³/mol. The van der Waals surface area contributed by atoms with Crippen LogP contribution < -0.4 is 0 Å². The molecule has 48 heavy (non-hydrogen) atoms. The van der Waals surface area contributed by atoms with Gasteiger partial charge in [-0.15, -0.1) is 0 Å². The molecule has 2 aromatic rings. The molecule has 2 heterocycles. The Morgan fingerprint density at radius 3 is 1.29 bits per heavy atom. The first-order valence-electron chi connectivity index (χ1n) is 17.1. The van der Waals surface area contributed by atoms with Crippen LogP contribution in [0, 0.1) is 0 Å². The van der Waals surface area contributed by atoms with Crippen molar-refractivity contribution in [1.29, 1.82) is 0 Å². The molecule has 8 atom stereocenters. The highest BCUT2D eigenvalue weighted by atomic mass is 16.8. The number of aliphatic hydroxyl groups is 6. The van der Waals surface area contributed by atoms with E-state index in [9.17, 15) is 30.6 Å². The highest BCUT2D eigenvalue weighted by Crippen LogP contribution is 2.52. The molecule has 266 valence electrons. The molecule has 2 saturated carbocycles. The third-order valence-electron chi connectivity index (χ3n) is 10.4. The number of benzene rings is 2. The van der Waals surface area contributed by atoms with E-state index in [1.54, 1.807) is 0 Å². The van der Waals surface area contributed by atoms with Gasteiger partial charge in [0.1, 0.15) is 47.8 Å². The second-order valence-corrected chi connectivity index (χ2v) is 13.8. The van der Waals surface area contributed by atoms with Gasteiger partial charge in [-0.05, 0) is 36.8 Å². The predicted octanol–water partition coefficient (Wildman–Crippen LogP) is 1.70. The summed E-state index contributed by atoms with van der Waals surface area (Å²) in [6, 6.07) is 18.9. The molecule has 0 amide bonds. The molecule has 12 heteroatoms. The lowest BCUT2D eigenvalue weighted by atomic mass is 9.71. The quantitative estimate of drug-likeness (QED) is 0.162. The average molecular weight is 675 g/mol. The second-order valence-electron chi connectivity index (χ2n) is 13.8. The molecule has 0 radical (unpaired) electrons. The topological polar surface area (TPSA) is 177 Å². The summed E-state index contributed by atoms with van der Waals surface area (Å²) in [5.74, 6) is -2.33. The summed E-state index contributed by atoms with van der Waals surface area (Å²) in [5.41, 5.74) is -3.51. The summed E-state index contributed by atoms with van der Waals surface area (Å²) in [5, 5.41) is 69.6. The monoisotopic (exact) mass is 674 g/mol. The fourth-order valence-corrected chi connectivity index (χ4v) is 7.75. The van der Waals surface area contributed by atoms with Crippen molar-refractivity contribution >= 4 is 0 Å². The van der Waals surface area contributed by atoms with Gasteiger partial charge in [-0.3, -0.25) is 0 Å². The fourth-order valence-electron chi connectivity index (χ4n) is 7.75. The Kier molecular flexibility index (Phi) is 11.2. The van der Waals surface area contributed by atoms with Gasteiger partial charge in [-0.2, -0.15) is 0 Å². The highest BCUT2D eigenvalue weighted by Gasteiger charge is 2.70. The Bertz CT molecular complexity index is 1190. The van der Waals surface area contributed by atoms with Crippen molar-refractivity contribution in [3.05, 3.63) is 71.8 Å². The Morgan fingerprint density at radius 1 is 0.604 bits per heavy atom. The van der Waals surface area contributed by atoms with E-state index in [1.165, 1.54) is 0 Å². The average Bonchev–Trinajstić information content (AvgIpc) is 3.93. The van der Waals surface area contributed by atoms with Crippen LogP contribution in [-0.4, -0.2) is 116 Å². The van der Waals surface area contributed by atoms with Crippen molar-refractivity contribution in [3.8, 4) is 0 Å². The van der Waals surface area contributed by atoms with Crippen LogP contribution in [0.4, 0.5) is 0 Å². The molecule has 2 aromatic carbocycles. The molecule has 2 saturated heterocycles. The molecule has 6 N–H and O–H groups in total. The zero-order chi connectivity index (χ0) is 33.8. The highest BCUT2D eigenvalue weighted by molar-refractivity contribution is 5.18. The number of rotatable bonds is 15. The van der Waals surface area contributed by atoms with Crippen molar-refractivity contribution in [2.24, 2.45) is 0 Å². The van der Waals surface area contributed by atoms with Gasteiger partial charge in [0.25, 0.3) is 0 Å². The lowest BCUT2D eigenvalue weighted by Crippen LogP contribution is -2.74. The van der Waals surface area contributed by atoms with Crippen LogP contribution in [0.1, 0.15) is 62.5 Å². The van der Waals surface area contributed by atoms with Gasteiger partial charge in [0, 0.05) is 25.7 Å². The van der Waals surface area contributed by atoms with Crippen LogP contribution in [0.15, 0.2) is 60.7 Å². The second kappa shape index (κ2) is 15.1. The molecule has 12 nitrogen and oxygen atoms in total. The van der Waals surface area contributed by atoms with Gasteiger partial charge in [-0.25, -0.2) is 0 Å². The lowest BCUT2D eigenvalue weighted by molar-refractivity contribution is -0.290. The number of aliphatic hydroxyl groups excluding tert-OH is 4. The van der Waals surface area contributed by atoms with E-state index in [2.05, 4.69) is 0 Å². The van der Waals surface area contributed by atoms with Crippen molar-refractivity contribution in [2.75, 3.05) is 26.4 Å². The summed E-state index contributed by atoms with van der Waals surface area (Å²) < 4.78 is 37.1. The largest absolute Gasteiger partial charge is 0.393 e. The summed E-state index contributed by atoms with van der Waals surface area (Å²) in [6.45, 7) is -2.15. The molecule has 6 rings (SSSR count). The molecule has 0 bridgehead atoms. The number of hydrogen-bond donors (Lipinski definition) is 6. The molecule has 2 spiro atoms. The standard InChI is InChI=1S/C36H50O12/c37-23-35(41,31-29(45-33(47-31)15-7-8-16-33)27(39)21-43-19-25-11-3-1-4-12-25)36(42,24-38)32-30(46-34(48-32)17-9-10-18-34)28(40)22-44-20-26-13-5-2-6-14-26/h1-6,11-14,27-32,37-42H,7-10,15-24H2/t27-,28-,29+,30+,31-,32-,35-,36+/m1/s1. The van der Waals surface area contributed by atoms with Gasteiger partial charge in [0.2, 0.25) is 0 Å². The molecule has 4 fully saturated rings. The van der Waals surface area contributed by atoms with Crippen molar-refractivity contribution < 1.29 is 59.1 Å². The van der Waals surface area contributed by atoms with Crippen molar-refractivity contribution in [2.45, 2.75) is 124 Å². The Hall–Kier alpha value is -2.04. The van der Waals surface area contributed by atoms with Crippen LogP contribution >= 0.6 is 0 Å². The number of ether oxygens (including phenoxy) is 6. The van der Waals surface area contributed by atoms with E-state index in [-0.39, 0.29) is 26.4 Å². The lowest BCUT2D eigenvalue weighted by Gasteiger charge is -2.49. The van der Waals surface area contributed by atoms with E-state index >= 15 is 0 Å². The molecule has 4 aliphatic rings. The maximum atomic E-state index is 12.5. The minimum absolute atomic E-state index is 0.194. The third kappa shape index (κ3) is 7.09. The van der Waals surface area contributed by atoms with E-state index in [0.29, 0.717) is 25.7 Å². The van der Waals surface area contributed by atoms with E-state index in [1.807, 2.05) is 60.7 Å². The van der Waals surface area contributed by atoms with Crippen LogP contribution in [0.3, 0.4) is 0 Å². The first-order chi connectivity index (χ1) is 23.2. The van der Waals surface area contributed by atoms with E-state index < -0.39 is 72.6 Å². The van der Waals surface area contributed by atoms with E-state index in [0.717, 1.165) is 36.8 Å². The van der Waals surface area contributed by atoms with Crippen LogP contribution in [0.25, 0.3) is 0 Å². The van der Waals surface area contributed by atoms with Gasteiger partial charge >= 0.3 is 0 Å². The normalized spacial score (nSPS) is 30.0. The van der Waals surface area contributed by atoms with Gasteiger partial charge in [0.05, 0.1) is 39.6 Å². The maximum Gasteiger partial charge on any atom is 0.169 e. The van der Waals surface area contributed by atoms with Gasteiger partial charge < -0.3 is 59.1 Å². The molecular weight excluding hydrogens is 624 g/mol. The molecular formula is C36H50O12. The summed E-state index contributed by atoms with van der Waals surface area (Å²) in [6.07, 6.45) is -3.22. The minimum Gasteiger partial charge on any atom is -0.393 e.